The summed E-state index contributed by atoms with van der Waals surface area (Å²) in [5, 5.41) is 2.88. The first kappa shape index (κ1) is 16.1. The number of benzene rings is 1. The van der Waals surface area contributed by atoms with E-state index in [1.807, 2.05) is 31.2 Å². The third-order valence-corrected chi connectivity index (χ3v) is 5.44. The van der Waals surface area contributed by atoms with Crippen molar-refractivity contribution in [3.63, 3.8) is 0 Å². The van der Waals surface area contributed by atoms with E-state index in [2.05, 4.69) is 15.2 Å². The quantitative estimate of drug-likeness (QED) is 0.863. The van der Waals surface area contributed by atoms with Gasteiger partial charge in [0.15, 0.2) is 5.58 Å². The number of imide groups is 1. The number of oxazole rings is 1. The molecule has 0 aliphatic carbocycles. The van der Waals surface area contributed by atoms with Gasteiger partial charge >= 0.3 is 6.03 Å². The molecule has 1 N–H and O–H groups in total. The fourth-order valence-electron chi connectivity index (χ4n) is 3.93. The predicted octanol–water partition coefficient (Wildman–Crippen LogP) is 1.98. The molecule has 0 bridgehead atoms. The zero-order valence-corrected chi connectivity index (χ0v) is 14.5. The van der Waals surface area contributed by atoms with Crippen LogP contribution in [0.5, 0.6) is 0 Å². The minimum atomic E-state index is -0.828. The molecule has 7 heteroatoms. The van der Waals surface area contributed by atoms with Gasteiger partial charge in [0.1, 0.15) is 11.1 Å². The molecule has 25 heavy (non-hydrogen) atoms. The molecular weight excluding hydrogens is 320 g/mol. The first-order valence-electron chi connectivity index (χ1n) is 8.64. The van der Waals surface area contributed by atoms with Crippen molar-refractivity contribution in [2.75, 3.05) is 20.1 Å². The van der Waals surface area contributed by atoms with Crippen LogP contribution >= 0.6 is 0 Å². The molecule has 2 atom stereocenters. The van der Waals surface area contributed by atoms with Crippen molar-refractivity contribution in [3.8, 4) is 0 Å². The van der Waals surface area contributed by atoms with E-state index in [1.165, 1.54) is 11.9 Å². The lowest BCUT2D eigenvalue weighted by atomic mass is 9.80. The molecule has 2 fully saturated rings. The summed E-state index contributed by atoms with van der Waals surface area (Å²) in [5.41, 5.74) is 0.821. The Morgan fingerprint density at radius 3 is 2.88 bits per heavy atom. The molecule has 2 saturated heterocycles. The minimum absolute atomic E-state index is 0.0760. The van der Waals surface area contributed by atoms with E-state index in [1.54, 1.807) is 0 Å². The van der Waals surface area contributed by atoms with Crippen LogP contribution in [0.2, 0.25) is 0 Å². The van der Waals surface area contributed by atoms with Crippen LogP contribution in [-0.4, -0.2) is 52.4 Å². The lowest BCUT2D eigenvalue weighted by molar-refractivity contribution is -0.132. The maximum atomic E-state index is 12.5. The van der Waals surface area contributed by atoms with Gasteiger partial charge in [-0.05, 0) is 38.4 Å². The van der Waals surface area contributed by atoms with Gasteiger partial charge in [-0.3, -0.25) is 14.6 Å². The number of urea groups is 1. The molecular formula is C18H22N4O3. The van der Waals surface area contributed by atoms with Crippen molar-refractivity contribution in [2.45, 2.75) is 31.8 Å². The average molecular weight is 342 g/mol. The van der Waals surface area contributed by atoms with Gasteiger partial charge in [0.2, 0.25) is 5.89 Å². The molecule has 4 rings (SSSR count). The first-order chi connectivity index (χ1) is 12.0. The van der Waals surface area contributed by atoms with Crippen LogP contribution in [-0.2, 0) is 11.3 Å². The number of likely N-dealkylation sites (N-methyl/N-ethyl adjacent to an activating group) is 1. The fraction of sp³-hybridized carbons (Fsp3) is 0.500. The number of hydrogen-bond acceptors (Lipinski definition) is 5. The molecule has 2 aromatic rings. The number of carbonyl (C=O) groups is 2. The summed E-state index contributed by atoms with van der Waals surface area (Å²) >= 11 is 0. The largest absolute Gasteiger partial charge is 0.439 e. The molecule has 132 valence electrons. The fourth-order valence-corrected chi connectivity index (χ4v) is 3.93. The highest BCUT2D eigenvalue weighted by atomic mass is 16.3. The van der Waals surface area contributed by atoms with Crippen molar-refractivity contribution >= 4 is 23.0 Å². The third kappa shape index (κ3) is 2.68. The number of para-hydroxylation sites is 2. The topological polar surface area (TPSA) is 78.7 Å². The highest BCUT2D eigenvalue weighted by Gasteiger charge is 2.51. The van der Waals surface area contributed by atoms with Gasteiger partial charge in [0.25, 0.3) is 5.91 Å². The van der Waals surface area contributed by atoms with Crippen molar-refractivity contribution in [3.05, 3.63) is 30.2 Å². The standard InChI is InChI=1S/C18H22N4O3/c1-18(16(23)21(2)17(24)20-18)12-6-5-9-22(10-12)11-15-19-13-7-3-4-8-14(13)25-15/h3-4,7-8,12H,5-6,9-11H2,1-2H3,(H,20,24)/t12-,18+/m1/s1. The number of hydrogen-bond donors (Lipinski definition) is 1. The average Bonchev–Trinajstić information content (AvgIpc) is 3.10. The Kier molecular flexibility index (Phi) is 3.76. The molecule has 0 radical (unpaired) electrons. The molecule has 0 spiro atoms. The Morgan fingerprint density at radius 2 is 2.16 bits per heavy atom. The number of rotatable bonds is 3. The summed E-state index contributed by atoms with van der Waals surface area (Å²) in [6.07, 6.45) is 1.90. The third-order valence-electron chi connectivity index (χ3n) is 5.44. The smallest absolute Gasteiger partial charge is 0.324 e. The summed E-state index contributed by atoms with van der Waals surface area (Å²) in [7, 11) is 1.53. The second-order valence-electron chi connectivity index (χ2n) is 7.15. The zero-order chi connectivity index (χ0) is 17.6. The van der Waals surface area contributed by atoms with E-state index in [4.69, 9.17) is 4.42 Å². The maximum absolute atomic E-state index is 12.5. The number of nitrogens with one attached hydrogen (secondary N) is 1. The molecule has 3 amide bonds. The summed E-state index contributed by atoms with van der Waals surface area (Å²) in [6, 6.07) is 7.40. The Labute approximate surface area is 146 Å². The molecule has 2 aliphatic heterocycles. The lowest BCUT2D eigenvalue weighted by Crippen LogP contribution is -2.55. The lowest BCUT2D eigenvalue weighted by Gasteiger charge is -2.39. The van der Waals surface area contributed by atoms with E-state index in [9.17, 15) is 9.59 Å². The molecule has 1 aromatic carbocycles. The second-order valence-corrected chi connectivity index (χ2v) is 7.15. The zero-order valence-electron chi connectivity index (χ0n) is 14.5. The van der Waals surface area contributed by atoms with E-state index < -0.39 is 5.54 Å². The summed E-state index contributed by atoms with van der Waals surface area (Å²) < 4.78 is 5.81. The number of amides is 3. The molecule has 0 unspecified atom stereocenters. The van der Waals surface area contributed by atoms with Crippen LogP contribution in [0.4, 0.5) is 4.79 Å². The predicted molar refractivity (Wildman–Crippen MR) is 91.7 cm³/mol. The number of carbonyl (C=O) groups excluding carboxylic acids is 2. The van der Waals surface area contributed by atoms with E-state index in [0.717, 1.165) is 37.0 Å². The van der Waals surface area contributed by atoms with Crippen LogP contribution in [0.25, 0.3) is 11.1 Å². The summed E-state index contributed by atoms with van der Waals surface area (Å²) in [5.74, 6) is 0.615. The number of likely N-dealkylation sites (tertiary alicyclic amines) is 1. The SMILES string of the molecule is CN1C(=O)N[C@@](C)([C@@H]2CCCN(Cc3nc4ccccc4o3)C2)C1=O. The van der Waals surface area contributed by atoms with Gasteiger partial charge in [-0.1, -0.05) is 12.1 Å². The minimum Gasteiger partial charge on any atom is -0.439 e. The first-order valence-corrected chi connectivity index (χ1v) is 8.64. The number of fused-ring (bicyclic) bond motifs is 1. The van der Waals surface area contributed by atoms with E-state index >= 15 is 0 Å². The molecule has 7 nitrogen and oxygen atoms in total. The molecule has 3 heterocycles. The van der Waals surface area contributed by atoms with Gasteiger partial charge in [-0.25, -0.2) is 9.78 Å². The normalized spacial score (nSPS) is 27.9. The Morgan fingerprint density at radius 1 is 1.36 bits per heavy atom. The van der Waals surface area contributed by atoms with Crippen LogP contribution in [0, 0.1) is 5.92 Å². The van der Waals surface area contributed by atoms with Crippen LogP contribution in [0.15, 0.2) is 28.7 Å². The van der Waals surface area contributed by atoms with Crippen LogP contribution in [0.1, 0.15) is 25.7 Å². The van der Waals surface area contributed by atoms with Gasteiger partial charge < -0.3 is 9.73 Å². The summed E-state index contributed by atoms with van der Waals surface area (Å²) in [6.45, 7) is 4.11. The highest BCUT2D eigenvalue weighted by Crippen LogP contribution is 2.32. The van der Waals surface area contributed by atoms with Gasteiger partial charge in [-0.15, -0.1) is 0 Å². The van der Waals surface area contributed by atoms with Crippen LogP contribution < -0.4 is 5.32 Å². The number of aromatic nitrogens is 1. The Bertz CT molecular complexity index is 800. The highest BCUT2D eigenvalue weighted by molar-refractivity contribution is 6.06. The molecule has 1 aromatic heterocycles. The van der Waals surface area contributed by atoms with Crippen molar-refractivity contribution in [1.82, 2.24) is 20.1 Å². The van der Waals surface area contributed by atoms with Crippen molar-refractivity contribution in [2.24, 2.45) is 5.92 Å². The molecule has 0 saturated carbocycles. The van der Waals surface area contributed by atoms with Gasteiger partial charge in [0.05, 0.1) is 6.54 Å². The maximum Gasteiger partial charge on any atom is 0.324 e. The Hall–Kier alpha value is -2.41. The second kappa shape index (κ2) is 5.84. The van der Waals surface area contributed by atoms with Crippen LogP contribution in [0.3, 0.4) is 0 Å². The number of piperidine rings is 1. The van der Waals surface area contributed by atoms with Crippen molar-refractivity contribution in [1.29, 1.82) is 0 Å². The summed E-state index contributed by atoms with van der Waals surface area (Å²) in [4.78, 5) is 32.3. The molecule has 2 aliphatic rings. The monoisotopic (exact) mass is 342 g/mol. The number of nitrogens with zero attached hydrogens (tertiary/aromatic N) is 3. The van der Waals surface area contributed by atoms with Crippen molar-refractivity contribution < 1.29 is 14.0 Å². The Balaban J connectivity index is 1.49. The van der Waals surface area contributed by atoms with Gasteiger partial charge in [0, 0.05) is 19.5 Å². The van der Waals surface area contributed by atoms with Gasteiger partial charge in [-0.2, -0.15) is 0 Å². The van der Waals surface area contributed by atoms with E-state index in [0.29, 0.717) is 12.4 Å². The van der Waals surface area contributed by atoms with E-state index in [-0.39, 0.29) is 17.9 Å².